The van der Waals surface area contributed by atoms with Crippen molar-refractivity contribution in [3.05, 3.63) is 60.2 Å². The molecule has 0 radical (unpaired) electrons. The van der Waals surface area contributed by atoms with Crippen LogP contribution in [0.2, 0.25) is 0 Å². The summed E-state index contributed by atoms with van der Waals surface area (Å²) in [5.41, 5.74) is 7.27. The number of fused-ring (bicyclic) bond motifs is 6. The Morgan fingerprint density at radius 3 is 1.51 bits per heavy atom. The number of aromatic nitrogens is 4. The molecule has 4 fully saturated rings. The first-order valence-corrected chi connectivity index (χ1v) is 25.0. The van der Waals surface area contributed by atoms with Gasteiger partial charge in [0.05, 0.1) is 56.6 Å². The molecule has 4 aromatic heterocycles. The van der Waals surface area contributed by atoms with Gasteiger partial charge < -0.3 is 35.7 Å². The van der Waals surface area contributed by atoms with E-state index in [1.807, 2.05) is 19.1 Å². The average molecular weight is 958 g/mol. The molecule has 2 aliphatic heterocycles. The number of aliphatic hydroxyl groups excluding tert-OH is 1. The Kier molecular flexibility index (Phi) is 19.4. The standard InChI is InChI=1S/C24H30N4O3S.C22H27N5O2S.C2H6O.2CH4/c1-2-31-21(29)14-16-3-8-20-19(13-16)22-23(25-15-26-24(22)32-20)27-17-4-6-18(7-5-17)28-9-11-30-12-10-28;23-19(28)12-14-1-6-18-17(11-14)20-21(24-13-25-22(20)30-18)26-15-2-4-16(5-3-15)27-7-9-29-10-8-27;1-2-3;;/h3,8,13,15,17-18H,2,4-7,9-12,14H2,1H3,(H,25,26,27);1,6,11,13,15-16H,2-5,7-10,12H2,(H2,23,28)(H,24,25,26);3H,2H2,1H3;2*1H4. The number of ether oxygens (including phenoxy) is 3. The van der Waals surface area contributed by atoms with Crippen molar-refractivity contribution >= 4 is 86.8 Å². The van der Waals surface area contributed by atoms with Gasteiger partial charge in [0.15, 0.2) is 0 Å². The van der Waals surface area contributed by atoms with Gasteiger partial charge in [0.1, 0.15) is 34.0 Å². The summed E-state index contributed by atoms with van der Waals surface area (Å²) in [4.78, 5) is 48.7. The molecule has 17 heteroatoms. The number of benzene rings is 2. The number of nitrogens with one attached hydrogen (secondary N) is 2. The van der Waals surface area contributed by atoms with E-state index in [0.717, 1.165) is 142 Å². The molecule has 2 aliphatic carbocycles. The van der Waals surface area contributed by atoms with E-state index in [9.17, 15) is 9.59 Å². The van der Waals surface area contributed by atoms with Crippen LogP contribution in [-0.2, 0) is 36.6 Å². The largest absolute Gasteiger partial charge is 0.466 e. The third-order valence-corrected chi connectivity index (χ3v) is 15.1. The Morgan fingerprint density at radius 1 is 0.687 bits per heavy atom. The van der Waals surface area contributed by atoms with Gasteiger partial charge in [0, 0.05) is 77.1 Å². The molecule has 6 heterocycles. The average Bonchev–Trinajstić information content (AvgIpc) is 3.89. The number of morpholine rings is 2. The number of thiophene rings is 2. The Labute approximate surface area is 403 Å². The van der Waals surface area contributed by atoms with E-state index in [0.29, 0.717) is 30.8 Å². The van der Waals surface area contributed by atoms with Gasteiger partial charge in [-0.1, -0.05) is 27.0 Å². The molecular formula is C50H71N9O6S2. The number of nitrogens with zero attached hydrogens (tertiary/aromatic N) is 6. The Morgan fingerprint density at radius 2 is 1.10 bits per heavy atom. The lowest BCUT2D eigenvalue weighted by atomic mass is 9.90. The molecular weight excluding hydrogens is 887 g/mol. The summed E-state index contributed by atoms with van der Waals surface area (Å²) in [5.74, 6) is 1.29. The maximum absolute atomic E-state index is 12.0. The maximum atomic E-state index is 12.0. The van der Waals surface area contributed by atoms with Crippen molar-refractivity contribution in [2.75, 3.05) is 76.5 Å². The van der Waals surface area contributed by atoms with E-state index < -0.39 is 0 Å². The van der Waals surface area contributed by atoms with E-state index in [4.69, 9.17) is 25.1 Å². The van der Waals surface area contributed by atoms with Crippen molar-refractivity contribution < 1.29 is 28.9 Å². The number of hydrogen-bond acceptors (Lipinski definition) is 16. The fourth-order valence-corrected chi connectivity index (χ4v) is 11.8. The van der Waals surface area contributed by atoms with E-state index in [-0.39, 0.29) is 46.2 Å². The Hall–Kier alpha value is -4.62. The molecule has 15 nitrogen and oxygen atoms in total. The van der Waals surface area contributed by atoms with E-state index in [1.165, 1.54) is 25.7 Å². The van der Waals surface area contributed by atoms with Crippen LogP contribution in [0.3, 0.4) is 0 Å². The summed E-state index contributed by atoms with van der Waals surface area (Å²) in [5, 5.41) is 19.3. The predicted molar refractivity (Wildman–Crippen MR) is 273 cm³/mol. The molecule has 2 aromatic carbocycles. The number of hydrogen-bond donors (Lipinski definition) is 4. The normalized spacial score (nSPS) is 21.2. The first-order valence-electron chi connectivity index (χ1n) is 23.3. The maximum Gasteiger partial charge on any atom is 0.310 e. The van der Waals surface area contributed by atoms with Crippen LogP contribution in [0.5, 0.6) is 0 Å². The van der Waals surface area contributed by atoms with Crippen molar-refractivity contribution in [3.63, 3.8) is 0 Å². The number of amides is 1. The minimum atomic E-state index is -0.319. The van der Waals surface area contributed by atoms with Crippen molar-refractivity contribution in [2.45, 2.75) is 117 Å². The molecule has 0 spiro atoms. The van der Waals surface area contributed by atoms with Crippen LogP contribution in [-0.4, -0.2) is 137 Å². The summed E-state index contributed by atoms with van der Waals surface area (Å²) in [7, 11) is 0. The number of rotatable bonds is 11. The molecule has 0 unspecified atom stereocenters. The third kappa shape index (κ3) is 13.1. The SMILES string of the molecule is C.C.CCO.CCOC(=O)Cc1ccc2sc3ncnc(NC4CCC(N5CCOCC5)CC4)c3c2c1.NC(=O)Cc1ccc2sc3ncnc(NC4CCC(N5CCOCC5)CC4)c3c2c1. The van der Waals surface area contributed by atoms with Gasteiger partial charge in [0.2, 0.25) is 5.91 Å². The van der Waals surface area contributed by atoms with Gasteiger partial charge in [-0.15, -0.1) is 22.7 Å². The molecule has 364 valence electrons. The quantitative estimate of drug-likeness (QED) is 0.0909. The van der Waals surface area contributed by atoms with Crippen LogP contribution in [0.25, 0.3) is 40.6 Å². The molecule has 10 rings (SSSR count). The molecule has 0 bridgehead atoms. The lowest BCUT2D eigenvalue weighted by molar-refractivity contribution is -0.142. The first kappa shape index (κ1) is 51.8. The van der Waals surface area contributed by atoms with Crippen molar-refractivity contribution in [2.24, 2.45) is 5.73 Å². The molecule has 2 saturated carbocycles. The zero-order valence-electron chi connectivity index (χ0n) is 37.6. The zero-order valence-corrected chi connectivity index (χ0v) is 39.3. The summed E-state index contributed by atoms with van der Waals surface area (Å²) >= 11 is 3.33. The number of carbonyl (C=O) groups is 2. The van der Waals surface area contributed by atoms with Crippen LogP contribution in [0, 0.1) is 0 Å². The number of esters is 1. The molecule has 5 N–H and O–H groups in total. The van der Waals surface area contributed by atoms with Gasteiger partial charge in [-0.3, -0.25) is 19.4 Å². The van der Waals surface area contributed by atoms with Crippen LogP contribution >= 0.6 is 22.7 Å². The number of nitrogens with two attached hydrogens (primary N) is 1. The smallest absolute Gasteiger partial charge is 0.310 e. The van der Waals surface area contributed by atoms with Crippen molar-refractivity contribution in [1.29, 1.82) is 0 Å². The number of anilines is 2. The number of carbonyl (C=O) groups excluding carboxylic acids is 2. The minimum absolute atomic E-state index is 0. The highest BCUT2D eigenvalue weighted by molar-refractivity contribution is 7.26. The van der Waals surface area contributed by atoms with Crippen LogP contribution in [0.1, 0.15) is 91.2 Å². The molecule has 67 heavy (non-hydrogen) atoms. The number of primary amides is 1. The van der Waals surface area contributed by atoms with Gasteiger partial charge in [-0.05, 0) is 101 Å². The lowest BCUT2D eigenvalue weighted by Crippen LogP contribution is -2.46. The van der Waals surface area contributed by atoms with Crippen LogP contribution in [0.4, 0.5) is 11.6 Å². The van der Waals surface area contributed by atoms with E-state index in [1.54, 1.807) is 42.3 Å². The Bertz CT molecular complexity index is 2510. The topological polar surface area (TPSA) is 190 Å². The van der Waals surface area contributed by atoms with Gasteiger partial charge in [0.25, 0.3) is 0 Å². The molecule has 2 saturated heterocycles. The fraction of sp³-hybridized carbons (Fsp3) is 0.560. The Balaban J connectivity index is 0.000000204. The molecule has 4 aliphatic rings. The lowest BCUT2D eigenvalue weighted by Gasteiger charge is -2.39. The van der Waals surface area contributed by atoms with E-state index >= 15 is 0 Å². The summed E-state index contributed by atoms with van der Waals surface area (Å²) in [6, 6.07) is 14.4. The second-order valence-electron chi connectivity index (χ2n) is 17.2. The zero-order chi connectivity index (χ0) is 45.1. The van der Waals surface area contributed by atoms with Crippen LogP contribution < -0.4 is 16.4 Å². The first-order chi connectivity index (χ1) is 31.8. The molecule has 0 atom stereocenters. The predicted octanol–water partition coefficient (Wildman–Crippen LogP) is 8.20. The summed E-state index contributed by atoms with van der Waals surface area (Å²) < 4.78 is 18.4. The second-order valence-corrected chi connectivity index (χ2v) is 19.3. The molecule has 1 amide bonds. The third-order valence-electron chi connectivity index (χ3n) is 12.9. The summed E-state index contributed by atoms with van der Waals surface area (Å²) in [6.45, 7) is 11.8. The summed E-state index contributed by atoms with van der Waals surface area (Å²) in [6.07, 6.45) is 13.2. The van der Waals surface area contributed by atoms with Crippen LogP contribution in [0.15, 0.2) is 49.1 Å². The van der Waals surface area contributed by atoms with E-state index in [2.05, 4.69) is 64.6 Å². The second kappa shape index (κ2) is 25.1. The van der Waals surface area contributed by atoms with Crippen molar-refractivity contribution in [1.82, 2.24) is 29.7 Å². The highest BCUT2D eigenvalue weighted by Crippen LogP contribution is 2.39. The molecule has 6 aromatic rings. The van der Waals surface area contributed by atoms with Gasteiger partial charge >= 0.3 is 5.97 Å². The monoisotopic (exact) mass is 957 g/mol. The number of aliphatic hydroxyl groups is 1. The van der Waals surface area contributed by atoms with Gasteiger partial charge in [-0.25, -0.2) is 19.9 Å². The fourth-order valence-electron chi connectivity index (χ4n) is 9.77. The van der Waals surface area contributed by atoms with Gasteiger partial charge in [-0.2, -0.15) is 0 Å². The minimum Gasteiger partial charge on any atom is -0.466 e. The van der Waals surface area contributed by atoms with Crippen molar-refractivity contribution in [3.8, 4) is 0 Å². The highest BCUT2D eigenvalue weighted by Gasteiger charge is 2.29. The highest BCUT2D eigenvalue weighted by atomic mass is 32.1.